The lowest BCUT2D eigenvalue weighted by Crippen LogP contribution is -2.40. The highest BCUT2D eigenvalue weighted by molar-refractivity contribution is 6.08. The number of ether oxygens (including phenoxy) is 1. The van der Waals surface area contributed by atoms with E-state index in [1.807, 2.05) is 6.92 Å². The van der Waals surface area contributed by atoms with Crippen molar-refractivity contribution < 1.29 is 23.1 Å². The number of likely N-dealkylation sites (N-methyl/N-ethyl adjacent to an activating group) is 1. The fourth-order valence-corrected chi connectivity index (χ4v) is 3.11. The molecule has 3 aromatic rings. The summed E-state index contributed by atoms with van der Waals surface area (Å²) in [5, 5.41) is 3.40. The summed E-state index contributed by atoms with van der Waals surface area (Å²) in [5.41, 5.74) is 1.79. The van der Waals surface area contributed by atoms with Gasteiger partial charge in [0, 0.05) is 18.5 Å². The summed E-state index contributed by atoms with van der Waals surface area (Å²) in [6.45, 7) is 4.06. The number of carbonyl (C=O) groups is 2. The minimum absolute atomic E-state index is 0.0907. The fraction of sp³-hybridized carbons (Fsp3) is 0.273. The molecule has 0 aliphatic carbocycles. The lowest BCUT2D eigenvalue weighted by atomic mass is 10.1. The summed E-state index contributed by atoms with van der Waals surface area (Å²) in [7, 11) is 1.55. The smallest absolute Gasteiger partial charge is 0.258 e. The van der Waals surface area contributed by atoms with Crippen LogP contribution in [0.25, 0.3) is 11.0 Å². The van der Waals surface area contributed by atoms with Gasteiger partial charge in [0.1, 0.15) is 22.9 Å². The standard InChI is InChI=1S/C22H23FN2O4/c1-4-25(13-20(26)24-12-15-5-7-16(23)8-6-15)22(27)21-14(2)29-19-10-9-17(28-3)11-18(19)21/h5-11H,4,12-13H2,1-3H3,(H,24,26). The van der Waals surface area contributed by atoms with Crippen LogP contribution in [0.15, 0.2) is 46.9 Å². The zero-order valence-corrected chi connectivity index (χ0v) is 16.6. The molecule has 29 heavy (non-hydrogen) atoms. The first-order chi connectivity index (χ1) is 13.9. The molecule has 152 valence electrons. The van der Waals surface area contributed by atoms with Crippen molar-refractivity contribution >= 4 is 22.8 Å². The van der Waals surface area contributed by atoms with Crippen molar-refractivity contribution in [2.75, 3.05) is 20.2 Å². The monoisotopic (exact) mass is 398 g/mol. The molecule has 6 nitrogen and oxygen atoms in total. The van der Waals surface area contributed by atoms with Gasteiger partial charge in [-0.05, 0) is 49.7 Å². The molecule has 0 aliphatic rings. The van der Waals surface area contributed by atoms with E-state index in [2.05, 4.69) is 5.32 Å². The zero-order valence-electron chi connectivity index (χ0n) is 16.6. The van der Waals surface area contributed by atoms with Crippen molar-refractivity contribution in [3.8, 4) is 5.75 Å². The summed E-state index contributed by atoms with van der Waals surface area (Å²) >= 11 is 0. The highest BCUT2D eigenvalue weighted by Crippen LogP contribution is 2.30. The van der Waals surface area contributed by atoms with Crippen molar-refractivity contribution in [1.82, 2.24) is 10.2 Å². The summed E-state index contributed by atoms with van der Waals surface area (Å²) in [4.78, 5) is 26.9. The lowest BCUT2D eigenvalue weighted by molar-refractivity contribution is -0.121. The first kappa shape index (κ1) is 20.4. The molecule has 0 spiro atoms. The van der Waals surface area contributed by atoms with Gasteiger partial charge in [0.05, 0.1) is 19.2 Å². The Kier molecular flexibility index (Phi) is 6.16. The quantitative estimate of drug-likeness (QED) is 0.659. The maximum Gasteiger partial charge on any atom is 0.258 e. The Morgan fingerprint density at radius 2 is 1.90 bits per heavy atom. The van der Waals surface area contributed by atoms with Gasteiger partial charge in [0.25, 0.3) is 5.91 Å². The minimum atomic E-state index is -0.331. The number of nitrogens with one attached hydrogen (secondary N) is 1. The van der Waals surface area contributed by atoms with Crippen molar-refractivity contribution in [3.05, 3.63) is 65.2 Å². The van der Waals surface area contributed by atoms with Crippen LogP contribution in [0.2, 0.25) is 0 Å². The number of fused-ring (bicyclic) bond motifs is 1. The third-order valence-electron chi connectivity index (χ3n) is 4.69. The molecular weight excluding hydrogens is 375 g/mol. The number of methoxy groups -OCH3 is 1. The van der Waals surface area contributed by atoms with E-state index in [4.69, 9.17) is 9.15 Å². The molecule has 3 rings (SSSR count). The Labute approximate surface area is 168 Å². The number of rotatable bonds is 7. The van der Waals surface area contributed by atoms with Gasteiger partial charge >= 0.3 is 0 Å². The molecule has 0 saturated carbocycles. The van der Waals surface area contributed by atoms with Crippen LogP contribution in [0, 0.1) is 12.7 Å². The molecule has 0 saturated heterocycles. The first-order valence-electron chi connectivity index (χ1n) is 9.30. The van der Waals surface area contributed by atoms with E-state index in [1.54, 1.807) is 44.4 Å². The molecule has 0 fully saturated rings. The summed E-state index contributed by atoms with van der Waals surface area (Å²) in [6, 6.07) is 11.2. The highest BCUT2D eigenvalue weighted by Gasteiger charge is 2.24. The van der Waals surface area contributed by atoms with E-state index in [0.717, 1.165) is 5.56 Å². The summed E-state index contributed by atoms with van der Waals surface area (Å²) in [6.07, 6.45) is 0. The van der Waals surface area contributed by atoms with Crippen LogP contribution in [-0.4, -0.2) is 36.9 Å². The van der Waals surface area contributed by atoms with Crippen LogP contribution >= 0.6 is 0 Å². The molecule has 0 radical (unpaired) electrons. The lowest BCUT2D eigenvalue weighted by Gasteiger charge is -2.20. The van der Waals surface area contributed by atoms with E-state index < -0.39 is 0 Å². The Balaban J connectivity index is 1.73. The summed E-state index contributed by atoms with van der Waals surface area (Å²) in [5.74, 6) is 0.194. The molecule has 1 N–H and O–H groups in total. The van der Waals surface area contributed by atoms with Gasteiger partial charge in [-0.2, -0.15) is 0 Å². The van der Waals surface area contributed by atoms with E-state index >= 15 is 0 Å². The number of furan rings is 1. The molecule has 2 amide bonds. The second kappa shape index (κ2) is 8.77. The predicted molar refractivity (Wildman–Crippen MR) is 107 cm³/mol. The number of nitrogens with zero attached hydrogens (tertiary/aromatic N) is 1. The molecule has 1 heterocycles. The third kappa shape index (κ3) is 4.56. The highest BCUT2D eigenvalue weighted by atomic mass is 19.1. The molecule has 0 bridgehead atoms. The van der Waals surface area contributed by atoms with E-state index in [0.29, 0.717) is 34.6 Å². The first-order valence-corrected chi connectivity index (χ1v) is 9.30. The Morgan fingerprint density at radius 3 is 2.55 bits per heavy atom. The number of hydrogen-bond donors (Lipinski definition) is 1. The number of aryl methyl sites for hydroxylation is 1. The minimum Gasteiger partial charge on any atom is -0.497 e. The van der Waals surface area contributed by atoms with E-state index in [9.17, 15) is 14.0 Å². The SMILES string of the molecule is CCN(CC(=O)NCc1ccc(F)cc1)C(=O)c1c(C)oc2ccc(OC)cc12. The molecule has 0 unspecified atom stereocenters. The number of hydrogen-bond acceptors (Lipinski definition) is 4. The largest absolute Gasteiger partial charge is 0.497 e. The Morgan fingerprint density at radius 1 is 1.17 bits per heavy atom. The van der Waals surface area contributed by atoms with Gasteiger partial charge < -0.3 is 19.4 Å². The zero-order chi connectivity index (χ0) is 21.0. The van der Waals surface area contributed by atoms with E-state index in [1.165, 1.54) is 17.0 Å². The number of carbonyl (C=O) groups excluding carboxylic acids is 2. The molecule has 0 aliphatic heterocycles. The van der Waals surface area contributed by atoms with Crippen LogP contribution in [0.5, 0.6) is 5.75 Å². The number of halogens is 1. The van der Waals surface area contributed by atoms with E-state index in [-0.39, 0.29) is 30.7 Å². The number of benzene rings is 2. The van der Waals surface area contributed by atoms with Crippen LogP contribution < -0.4 is 10.1 Å². The average Bonchev–Trinajstić information content (AvgIpc) is 3.05. The topological polar surface area (TPSA) is 71.8 Å². The van der Waals surface area contributed by atoms with Gasteiger partial charge in [-0.25, -0.2) is 4.39 Å². The molecule has 2 aromatic carbocycles. The Hall–Kier alpha value is -3.35. The van der Waals surface area contributed by atoms with Gasteiger partial charge in [0.15, 0.2) is 0 Å². The van der Waals surface area contributed by atoms with Gasteiger partial charge in [0.2, 0.25) is 5.91 Å². The van der Waals surface area contributed by atoms with Gasteiger partial charge in [-0.3, -0.25) is 9.59 Å². The van der Waals surface area contributed by atoms with Crippen molar-refractivity contribution in [2.24, 2.45) is 0 Å². The Bertz CT molecular complexity index is 1030. The third-order valence-corrected chi connectivity index (χ3v) is 4.69. The van der Waals surface area contributed by atoms with Crippen LogP contribution in [0.4, 0.5) is 4.39 Å². The molecule has 0 atom stereocenters. The second-order valence-corrected chi connectivity index (χ2v) is 6.62. The van der Waals surface area contributed by atoms with Crippen molar-refractivity contribution in [3.63, 3.8) is 0 Å². The predicted octanol–water partition coefficient (Wildman–Crippen LogP) is 3.67. The van der Waals surface area contributed by atoms with Crippen LogP contribution in [0.1, 0.15) is 28.6 Å². The van der Waals surface area contributed by atoms with Crippen LogP contribution in [-0.2, 0) is 11.3 Å². The summed E-state index contributed by atoms with van der Waals surface area (Å²) < 4.78 is 23.9. The van der Waals surface area contributed by atoms with Gasteiger partial charge in [-0.1, -0.05) is 12.1 Å². The van der Waals surface area contributed by atoms with Gasteiger partial charge in [-0.15, -0.1) is 0 Å². The fourth-order valence-electron chi connectivity index (χ4n) is 3.11. The van der Waals surface area contributed by atoms with Crippen molar-refractivity contribution in [2.45, 2.75) is 20.4 Å². The normalized spacial score (nSPS) is 10.8. The van der Waals surface area contributed by atoms with Crippen molar-refractivity contribution in [1.29, 1.82) is 0 Å². The maximum absolute atomic E-state index is 13.1. The van der Waals surface area contributed by atoms with Crippen LogP contribution in [0.3, 0.4) is 0 Å². The molecular formula is C22H23FN2O4. The molecule has 1 aromatic heterocycles. The second-order valence-electron chi connectivity index (χ2n) is 6.62. The average molecular weight is 398 g/mol. The number of amides is 2. The maximum atomic E-state index is 13.1. The molecule has 7 heteroatoms.